The van der Waals surface area contributed by atoms with Gasteiger partial charge in [0.1, 0.15) is 0 Å². The van der Waals surface area contributed by atoms with Crippen molar-refractivity contribution in [3.63, 3.8) is 0 Å². The molecule has 3 nitrogen and oxygen atoms in total. The Balaban J connectivity index is 2.42. The largest absolute Gasteiger partial charge is 0.397 e. The number of halogens is 3. The highest BCUT2D eigenvalue weighted by atomic mass is 19.2. The number of benzene rings is 2. The number of nitrogen functional groups attached to an aromatic ring is 1. The summed E-state index contributed by atoms with van der Waals surface area (Å²) >= 11 is 0. The molecule has 19 heavy (non-hydrogen) atoms. The van der Waals surface area contributed by atoms with Gasteiger partial charge in [0.25, 0.3) is 0 Å². The number of anilines is 3. The quantitative estimate of drug-likeness (QED) is 0.645. The highest BCUT2D eigenvalue weighted by Gasteiger charge is 2.14. The summed E-state index contributed by atoms with van der Waals surface area (Å²) < 4.78 is 39.3. The number of nitrogens with two attached hydrogens (primary N) is 1. The molecular weight excluding hydrogens is 255 g/mol. The van der Waals surface area contributed by atoms with E-state index in [1.165, 1.54) is 18.2 Å². The van der Waals surface area contributed by atoms with E-state index in [0.717, 1.165) is 12.1 Å². The van der Waals surface area contributed by atoms with Crippen LogP contribution < -0.4 is 11.1 Å². The van der Waals surface area contributed by atoms with Crippen molar-refractivity contribution in [1.29, 1.82) is 5.26 Å². The summed E-state index contributed by atoms with van der Waals surface area (Å²) in [5, 5.41) is 11.3. The van der Waals surface area contributed by atoms with Gasteiger partial charge in [-0.25, -0.2) is 13.2 Å². The highest BCUT2D eigenvalue weighted by molar-refractivity contribution is 5.74. The molecule has 3 N–H and O–H groups in total. The first-order valence-corrected chi connectivity index (χ1v) is 5.23. The summed E-state index contributed by atoms with van der Waals surface area (Å²) in [6, 6.07) is 8.07. The SMILES string of the molecule is N#Cc1ccc(N)c(Nc2ccc(F)c(F)c2F)c1. The molecule has 2 aromatic carbocycles. The molecule has 0 saturated heterocycles. The second-order valence-corrected chi connectivity index (χ2v) is 3.76. The van der Waals surface area contributed by atoms with Gasteiger partial charge in [-0.1, -0.05) is 0 Å². The summed E-state index contributed by atoms with van der Waals surface area (Å²) in [7, 11) is 0. The maximum atomic E-state index is 13.5. The summed E-state index contributed by atoms with van der Waals surface area (Å²) in [5.74, 6) is -4.19. The lowest BCUT2D eigenvalue weighted by atomic mass is 10.1. The number of rotatable bonds is 2. The van der Waals surface area contributed by atoms with Crippen molar-refractivity contribution in [2.24, 2.45) is 0 Å². The Bertz CT molecular complexity index is 678. The summed E-state index contributed by atoms with van der Waals surface area (Å²) in [6.45, 7) is 0. The molecule has 0 saturated carbocycles. The molecule has 0 spiro atoms. The molecular formula is C13H8F3N3. The second-order valence-electron chi connectivity index (χ2n) is 3.76. The molecule has 0 bridgehead atoms. The molecule has 96 valence electrons. The Hall–Kier alpha value is -2.68. The fourth-order valence-electron chi connectivity index (χ4n) is 1.50. The average Bonchev–Trinajstić information content (AvgIpc) is 2.41. The number of nitrogens with zero attached hydrogens (tertiary/aromatic N) is 1. The van der Waals surface area contributed by atoms with Crippen molar-refractivity contribution >= 4 is 17.1 Å². The van der Waals surface area contributed by atoms with Crippen molar-refractivity contribution in [2.75, 3.05) is 11.1 Å². The first-order valence-electron chi connectivity index (χ1n) is 5.23. The molecule has 0 aliphatic rings. The van der Waals surface area contributed by atoms with Gasteiger partial charge in [0.15, 0.2) is 17.5 Å². The lowest BCUT2D eigenvalue weighted by Gasteiger charge is -2.11. The minimum absolute atomic E-state index is 0.240. The molecule has 2 rings (SSSR count). The van der Waals surface area contributed by atoms with Crippen molar-refractivity contribution in [1.82, 2.24) is 0 Å². The molecule has 0 atom stereocenters. The molecule has 6 heteroatoms. The Morgan fingerprint density at radius 2 is 1.74 bits per heavy atom. The number of hydrogen-bond donors (Lipinski definition) is 2. The van der Waals surface area contributed by atoms with Gasteiger partial charge in [-0.05, 0) is 30.3 Å². The summed E-state index contributed by atoms with van der Waals surface area (Å²) in [4.78, 5) is 0. The lowest BCUT2D eigenvalue weighted by molar-refractivity contribution is 0.449. The number of hydrogen-bond acceptors (Lipinski definition) is 3. The van der Waals surface area contributed by atoms with E-state index in [2.05, 4.69) is 5.32 Å². The van der Waals surface area contributed by atoms with Crippen LogP contribution in [0.1, 0.15) is 5.56 Å². The van der Waals surface area contributed by atoms with E-state index in [9.17, 15) is 13.2 Å². The zero-order valence-corrected chi connectivity index (χ0v) is 9.55. The molecule has 0 heterocycles. The Labute approximate surface area is 107 Å². The van der Waals surface area contributed by atoms with Crippen LogP contribution in [-0.4, -0.2) is 0 Å². The predicted molar refractivity (Wildman–Crippen MR) is 65.2 cm³/mol. The zero-order chi connectivity index (χ0) is 14.0. The van der Waals surface area contributed by atoms with Gasteiger partial charge < -0.3 is 11.1 Å². The third-order valence-electron chi connectivity index (χ3n) is 2.49. The van der Waals surface area contributed by atoms with Crippen LogP contribution in [0.25, 0.3) is 0 Å². The fourth-order valence-corrected chi connectivity index (χ4v) is 1.50. The van der Waals surface area contributed by atoms with E-state index in [1.807, 2.05) is 6.07 Å². The van der Waals surface area contributed by atoms with E-state index in [-0.39, 0.29) is 17.1 Å². The molecule has 0 unspecified atom stereocenters. The van der Waals surface area contributed by atoms with Crippen molar-refractivity contribution in [3.8, 4) is 6.07 Å². The van der Waals surface area contributed by atoms with Gasteiger partial charge >= 0.3 is 0 Å². The van der Waals surface area contributed by atoms with Crippen LogP contribution >= 0.6 is 0 Å². The monoisotopic (exact) mass is 263 g/mol. The number of nitriles is 1. The first-order chi connectivity index (χ1) is 9.02. The van der Waals surface area contributed by atoms with Crippen LogP contribution in [0.5, 0.6) is 0 Å². The number of nitrogens with one attached hydrogen (secondary N) is 1. The van der Waals surface area contributed by atoms with Gasteiger partial charge in [-0.3, -0.25) is 0 Å². The predicted octanol–water partition coefficient (Wildman–Crippen LogP) is 3.30. The smallest absolute Gasteiger partial charge is 0.196 e. The zero-order valence-electron chi connectivity index (χ0n) is 9.55. The lowest BCUT2D eigenvalue weighted by Crippen LogP contribution is -2.01. The van der Waals surface area contributed by atoms with Crippen molar-refractivity contribution in [3.05, 3.63) is 53.3 Å². The van der Waals surface area contributed by atoms with Crippen LogP contribution in [0.4, 0.5) is 30.2 Å². The molecule has 2 aromatic rings. The van der Waals surface area contributed by atoms with Gasteiger partial charge in [0.2, 0.25) is 0 Å². The van der Waals surface area contributed by atoms with E-state index in [0.29, 0.717) is 5.56 Å². The maximum Gasteiger partial charge on any atom is 0.196 e. The third kappa shape index (κ3) is 2.45. The van der Waals surface area contributed by atoms with Crippen LogP contribution in [0.2, 0.25) is 0 Å². The maximum absolute atomic E-state index is 13.5. The second kappa shape index (κ2) is 4.90. The molecule has 0 amide bonds. The fraction of sp³-hybridized carbons (Fsp3) is 0. The Kier molecular flexibility index (Phi) is 3.29. The Morgan fingerprint density at radius 3 is 2.42 bits per heavy atom. The topological polar surface area (TPSA) is 61.8 Å². The van der Waals surface area contributed by atoms with Crippen LogP contribution in [-0.2, 0) is 0 Å². The summed E-state index contributed by atoms with van der Waals surface area (Å²) in [6.07, 6.45) is 0. The molecule has 0 radical (unpaired) electrons. The van der Waals surface area contributed by atoms with Crippen molar-refractivity contribution in [2.45, 2.75) is 0 Å². The normalized spacial score (nSPS) is 10.0. The van der Waals surface area contributed by atoms with Gasteiger partial charge in [-0.15, -0.1) is 0 Å². The molecule has 0 aliphatic carbocycles. The standard InChI is InChI=1S/C13H8F3N3/c14-8-2-4-10(13(16)12(8)15)19-11-5-7(6-17)1-3-9(11)18/h1-5,19H,18H2. The van der Waals surface area contributed by atoms with Gasteiger partial charge in [0.05, 0.1) is 28.7 Å². The third-order valence-corrected chi connectivity index (χ3v) is 2.49. The molecule has 0 aromatic heterocycles. The molecule has 0 aliphatic heterocycles. The summed E-state index contributed by atoms with van der Waals surface area (Å²) in [5.41, 5.74) is 6.18. The van der Waals surface area contributed by atoms with Gasteiger partial charge in [0, 0.05) is 0 Å². The average molecular weight is 263 g/mol. The van der Waals surface area contributed by atoms with Gasteiger partial charge in [-0.2, -0.15) is 5.26 Å². The van der Waals surface area contributed by atoms with Crippen LogP contribution in [0.3, 0.4) is 0 Å². The van der Waals surface area contributed by atoms with E-state index >= 15 is 0 Å². The molecule has 0 fully saturated rings. The van der Waals surface area contributed by atoms with Crippen LogP contribution in [0.15, 0.2) is 30.3 Å². The van der Waals surface area contributed by atoms with Crippen LogP contribution in [0, 0.1) is 28.8 Å². The minimum Gasteiger partial charge on any atom is -0.397 e. The van der Waals surface area contributed by atoms with E-state index in [1.54, 1.807) is 0 Å². The van der Waals surface area contributed by atoms with E-state index < -0.39 is 17.5 Å². The highest BCUT2D eigenvalue weighted by Crippen LogP contribution is 2.27. The van der Waals surface area contributed by atoms with E-state index in [4.69, 9.17) is 11.0 Å². The Morgan fingerprint density at radius 1 is 1.00 bits per heavy atom. The van der Waals surface area contributed by atoms with Crippen molar-refractivity contribution < 1.29 is 13.2 Å². The first kappa shape index (κ1) is 12.8. The minimum atomic E-state index is -1.57.